The van der Waals surface area contributed by atoms with Gasteiger partial charge in [0.25, 0.3) is 0 Å². The molecule has 3 aromatic rings. The summed E-state index contributed by atoms with van der Waals surface area (Å²) in [5, 5.41) is 14.1. The van der Waals surface area contributed by atoms with E-state index in [1.165, 1.54) is 0 Å². The Hall–Kier alpha value is -3.13. The van der Waals surface area contributed by atoms with Gasteiger partial charge in [-0.25, -0.2) is 17.9 Å². The minimum absolute atomic E-state index is 0.109. The van der Waals surface area contributed by atoms with Gasteiger partial charge in [0.2, 0.25) is 10.0 Å². The predicted octanol–water partition coefficient (Wildman–Crippen LogP) is 2.92. The normalized spacial score (nSPS) is 11.3. The van der Waals surface area contributed by atoms with E-state index in [0.717, 1.165) is 11.9 Å². The Kier molecular flexibility index (Phi) is 4.52. The van der Waals surface area contributed by atoms with Crippen molar-refractivity contribution in [1.82, 2.24) is 9.78 Å². The van der Waals surface area contributed by atoms with Crippen molar-refractivity contribution in [3.8, 4) is 16.9 Å². The number of hydrogen-bond acceptors (Lipinski definition) is 4. The summed E-state index contributed by atoms with van der Waals surface area (Å²) in [6.07, 6.45) is 1.06. The molecule has 0 aliphatic heterocycles. The smallest absolute Gasteiger partial charge is 0.339 e. The Balaban J connectivity index is 2.09. The largest absolute Gasteiger partial charge is 0.478 e. The Morgan fingerprint density at radius 3 is 2.23 bits per heavy atom. The van der Waals surface area contributed by atoms with Crippen LogP contribution in [0.3, 0.4) is 0 Å². The van der Waals surface area contributed by atoms with Crippen molar-refractivity contribution in [2.45, 2.75) is 6.92 Å². The molecule has 0 saturated heterocycles. The molecule has 0 unspecified atom stereocenters. The lowest BCUT2D eigenvalue weighted by Gasteiger charge is -2.05. The molecule has 0 amide bonds. The van der Waals surface area contributed by atoms with Crippen molar-refractivity contribution in [2.24, 2.45) is 0 Å². The third-order valence-corrected chi connectivity index (χ3v) is 4.40. The zero-order valence-electron chi connectivity index (χ0n) is 14.2. The van der Waals surface area contributed by atoms with Crippen LogP contribution in [0.2, 0.25) is 0 Å². The number of aromatic nitrogens is 2. The van der Waals surface area contributed by atoms with Crippen LogP contribution in [-0.4, -0.2) is 35.5 Å². The second-order valence-corrected chi connectivity index (χ2v) is 7.56. The topological polar surface area (TPSA) is 101 Å². The van der Waals surface area contributed by atoms with E-state index in [2.05, 4.69) is 9.82 Å². The van der Waals surface area contributed by atoms with Crippen molar-refractivity contribution in [2.75, 3.05) is 11.0 Å². The summed E-state index contributed by atoms with van der Waals surface area (Å²) in [6.45, 7) is 1.70. The van der Waals surface area contributed by atoms with Crippen molar-refractivity contribution in [3.05, 3.63) is 65.9 Å². The van der Waals surface area contributed by atoms with Crippen molar-refractivity contribution in [1.29, 1.82) is 0 Å². The molecular weight excluding hydrogens is 354 g/mol. The summed E-state index contributed by atoms with van der Waals surface area (Å²) in [6, 6.07) is 15.7. The predicted molar refractivity (Wildman–Crippen MR) is 99.2 cm³/mol. The van der Waals surface area contributed by atoms with Crippen molar-refractivity contribution in [3.63, 3.8) is 0 Å². The number of benzene rings is 2. The number of carboxylic acids is 1. The molecule has 0 aliphatic carbocycles. The Morgan fingerprint density at radius 2 is 1.69 bits per heavy atom. The van der Waals surface area contributed by atoms with Crippen LogP contribution in [0.15, 0.2) is 54.6 Å². The molecule has 0 fully saturated rings. The molecule has 2 aromatic carbocycles. The summed E-state index contributed by atoms with van der Waals surface area (Å²) in [5.41, 5.74) is 2.68. The molecular formula is C18H17N3O4S. The number of para-hydroxylation sites is 1. The van der Waals surface area contributed by atoms with Gasteiger partial charge in [0.05, 0.1) is 17.6 Å². The first-order valence-electron chi connectivity index (χ1n) is 7.73. The lowest BCUT2D eigenvalue weighted by atomic mass is 10.1. The third kappa shape index (κ3) is 3.60. The number of hydrogen-bond donors (Lipinski definition) is 2. The van der Waals surface area contributed by atoms with E-state index in [4.69, 9.17) is 0 Å². The van der Waals surface area contributed by atoms with E-state index in [-0.39, 0.29) is 5.56 Å². The monoisotopic (exact) mass is 371 g/mol. The van der Waals surface area contributed by atoms with Crippen LogP contribution in [0.25, 0.3) is 16.9 Å². The first kappa shape index (κ1) is 17.7. The molecule has 8 heteroatoms. The molecule has 0 spiro atoms. The molecule has 0 saturated carbocycles. The molecule has 0 bridgehead atoms. The maximum atomic E-state index is 11.8. The summed E-state index contributed by atoms with van der Waals surface area (Å²) in [7, 11) is -3.38. The lowest BCUT2D eigenvalue weighted by Crippen LogP contribution is -2.09. The molecule has 3 rings (SSSR count). The molecule has 1 heterocycles. The zero-order chi connectivity index (χ0) is 18.9. The van der Waals surface area contributed by atoms with Gasteiger partial charge in [-0.05, 0) is 31.2 Å². The van der Waals surface area contributed by atoms with Crippen LogP contribution >= 0.6 is 0 Å². The second kappa shape index (κ2) is 6.64. The number of carboxylic acid groups (broad SMARTS) is 1. The van der Waals surface area contributed by atoms with Crippen LogP contribution < -0.4 is 4.72 Å². The van der Waals surface area contributed by atoms with Gasteiger partial charge in [-0.3, -0.25) is 4.72 Å². The fourth-order valence-corrected chi connectivity index (χ4v) is 3.26. The van der Waals surface area contributed by atoms with Gasteiger partial charge in [0, 0.05) is 11.3 Å². The number of nitrogens with one attached hydrogen (secondary N) is 1. The zero-order valence-corrected chi connectivity index (χ0v) is 15.0. The molecule has 1 aromatic heterocycles. The molecule has 2 N–H and O–H groups in total. The van der Waals surface area contributed by atoms with Gasteiger partial charge in [0.15, 0.2) is 0 Å². The van der Waals surface area contributed by atoms with Gasteiger partial charge in [0.1, 0.15) is 11.3 Å². The SMILES string of the molecule is Cc1c(C(=O)O)c(-c2ccc(NS(C)(=O)=O)cc2)nn1-c1ccccc1. The standard InChI is InChI=1S/C18H17N3O4S/c1-12-16(18(22)23)17(19-21(12)15-6-4-3-5-7-15)13-8-10-14(11-9-13)20-26(2,24)25/h3-11,20H,1-2H3,(H,22,23). The van der Waals surface area contributed by atoms with Gasteiger partial charge in [-0.2, -0.15) is 5.10 Å². The lowest BCUT2D eigenvalue weighted by molar-refractivity contribution is 0.0697. The van der Waals surface area contributed by atoms with Crippen molar-refractivity contribution >= 4 is 21.7 Å². The summed E-state index contributed by atoms with van der Waals surface area (Å²) < 4.78 is 26.6. The van der Waals surface area contributed by atoms with Crippen molar-refractivity contribution < 1.29 is 18.3 Å². The molecule has 7 nitrogen and oxygen atoms in total. The van der Waals surface area contributed by atoms with Gasteiger partial charge < -0.3 is 5.11 Å². The minimum Gasteiger partial charge on any atom is -0.478 e. The Morgan fingerprint density at radius 1 is 1.08 bits per heavy atom. The van der Waals surface area contributed by atoms with E-state index in [1.807, 2.05) is 30.3 Å². The van der Waals surface area contributed by atoms with E-state index in [0.29, 0.717) is 22.6 Å². The highest BCUT2D eigenvalue weighted by molar-refractivity contribution is 7.92. The van der Waals surface area contributed by atoms with Gasteiger partial charge in [-0.1, -0.05) is 30.3 Å². The van der Waals surface area contributed by atoms with E-state index < -0.39 is 16.0 Å². The highest BCUT2D eigenvalue weighted by Gasteiger charge is 2.22. The van der Waals surface area contributed by atoms with Crippen LogP contribution in [0.5, 0.6) is 0 Å². The number of nitrogens with zero attached hydrogens (tertiary/aromatic N) is 2. The van der Waals surface area contributed by atoms with Crippen LogP contribution in [0.4, 0.5) is 5.69 Å². The van der Waals surface area contributed by atoms with E-state index in [1.54, 1.807) is 35.9 Å². The van der Waals surface area contributed by atoms with Crippen LogP contribution in [0.1, 0.15) is 16.1 Å². The highest BCUT2D eigenvalue weighted by Crippen LogP contribution is 2.28. The average Bonchev–Trinajstić information content (AvgIpc) is 2.92. The number of aromatic carboxylic acids is 1. The maximum absolute atomic E-state index is 11.8. The summed E-state index contributed by atoms with van der Waals surface area (Å²) >= 11 is 0. The van der Waals surface area contributed by atoms with E-state index >= 15 is 0 Å². The Labute approximate surface area is 151 Å². The van der Waals surface area contributed by atoms with Crippen LogP contribution in [0, 0.1) is 6.92 Å². The van der Waals surface area contributed by atoms with E-state index in [9.17, 15) is 18.3 Å². The quantitative estimate of drug-likeness (QED) is 0.718. The second-order valence-electron chi connectivity index (χ2n) is 5.81. The highest BCUT2D eigenvalue weighted by atomic mass is 32.2. The number of rotatable bonds is 5. The van der Waals surface area contributed by atoms with Gasteiger partial charge in [-0.15, -0.1) is 0 Å². The summed E-state index contributed by atoms with van der Waals surface area (Å²) in [4.78, 5) is 11.8. The number of anilines is 1. The van der Waals surface area contributed by atoms with Gasteiger partial charge >= 0.3 is 5.97 Å². The fraction of sp³-hybridized carbons (Fsp3) is 0.111. The average molecular weight is 371 g/mol. The third-order valence-electron chi connectivity index (χ3n) is 3.79. The minimum atomic E-state index is -3.38. The molecule has 26 heavy (non-hydrogen) atoms. The number of sulfonamides is 1. The Bertz CT molecular complexity index is 1060. The first-order valence-corrected chi connectivity index (χ1v) is 9.62. The maximum Gasteiger partial charge on any atom is 0.339 e. The molecule has 0 aliphatic rings. The van der Waals surface area contributed by atoms with Crippen LogP contribution in [-0.2, 0) is 10.0 Å². The molecule has 0 radical (unpaired) electrons. The summed E-state index contributed by atoms with van der Waals surface area (Å²) in [5.74, 6) is -1.07. The fourth-order valence-electron chi connectivity index (χ4n) is 2.69. The molecule has 134 valence electrons. The number of carbonyl (C=O) groups is 1. The molecule has 0 atom stereocenters. The first-order chi connectivity index (χ1) is 12.3.